The molecule has 11 heteroatoms. The molecule has 0 unspecified atom stereocenters. The van der Waals surface area contributed by atoms with Crippen LogP contribution in [0.2, 0.25) is 5.02 Å². The van der Waals surface area contributed by atoms with Crippen LogP contribution in [0.25, 0.3) is 0 Å². The number of ether oxygens (including phenoxy) is 2. The number of halogens is 2. The Morgan fingerprint density at radius 2 is 1.95 bits per heavy atom. The number of benzene rings is 1. The van der Waals surface area contributed by atoms with Gasteiger partial charge in [-0.2, -0.15) is 0 Å². The van der Waals surface area contributed by atoms with E-state index in [1.807, 2.05) is 20.8 Å². The summed E-state index contributed by atoms with van der Waals surface area (Å²) in [7, 11) is 0. The molecule has 0 radical (unpaired) electrons. The summed E-state index contributed by atoms with van der Waals surface area (Å²) in [4.78, 5) is 48.3. The fraction of sp³-hybridized carbons (Fsp3) is 0.464. The van der Waals surface area contributed by atoms with E-state index in [-0.39, 0.29) is 48.3 Å². The number of piperidine rings is 1. The van der Waals surface area contributed by atoms with Gasteiger partial charge in [-0.15, -0.1) is 0 Å². The Morgan fingerprint density at radius 3 is 2.64 bits per heavy atom. The SMILES string of the molecule is CC(C)(C)OC(=O)N1CCC(CC(=O)NCc2nccc3c2N=C(COc2ccc(F)c(Cl)c2)CC3=O)CC1. The Kier molecular flexibility index (Phi) is 8.84. The standard InChI is InChI=1S/C28H32ClFN4O5/c1-28(2,3)39-27(37)34-10-7-17(8-11-34)12-25(36)32-15-23-26-20(6-9-31-23)24(35)13-18(33-26)16-38-19-4-5-22(30)21(29)14-19/h4-6,9,14,17H,7-8,10-13,15-16H2,1-3H3,(H,32,36). The van der Waals surface area contributed by atoms with Gasteiger partial charge in [0.15, 0.2) is 5.78 Å². The predicted molar refractivity (Wildman–Crippen MR) is 144 cm³/mol. The van der Waals surface area contributed by atoms with Crippen molar-refractivity contribution in [2.24, 2.45) is 10.9 Å². The van der Waals surface area contributed by atoms with E-state index in [0.29, 0.717) is 60.8 Å². The summed E-state index contributed by atoms with van der Waals surface area (Å²) < 4.78 is 24.5. The monoisotopic (exact) mass is 558 g/mol. The second-order valence-corrected chi connectivity index (χ2v) is 11.1. The number of rotatable bonds is 7. The van der Waals surface area contributed by atoms with Crippen molar-refractivity contribution >= 4 is 40.8 Å². The van der Waals surface area contributed by atoms with Gasteiger partial charge in [0.05, 0.1) is 35.1 Å². The van der Waals surface area contributed by atoms with Crippen LogP contribution in [0.4, 0.5) is 14.9 Å². The second kappa shape index (κ2) is 12.1. The lowest BCUT2D eigenvalue weighted by Gasteiger charge is -2.33. The highest BCUT2D eigenvalue weighted by molar-refractivity contribution is 6.30. The topological polar surface area (TPSA) is 110 Å². The Hall–Kier alpha value is -3.53. The third-order valence-electron chi connectivity index (χ3n) is 6.42. The van der Waals surface area contributed by atoms with Crippen molar-refractivity contribution in [3.05, 3.63) is 52.6 Å². The maximum atomic E-state index is 13.4. The van der Waals surface area contributed by atoms with Crippen LogP contribution < -0.4 is 10.1 Å². The molecule has 2 aromatic rings. The fourth-order valence-corrected chi connectivity index (χ4v) is 4.60. The Bertz CT molecular complexity index is 1290. The van der Waals surface area contributed by atoms with Gasteiger partial charge in [-0.3, -0.25) is 19.6 Å². The van der Waals surface area contributed by atoms with E-state index >= 15 is 0 Å². The lowest BCUT2D eigenvalue weighted by molar-refractivity contribution is -0.122. The number of carbonyl (C=O) groups is 3. The van der Waals surface area contributed by atoms with Crippen LogP contribution in [-0.2, 0) is 16.1 Å². The zero-order valence-corrected chi connectivity index (χ0v) is 23.0. The maximum Gasteiger partial charge on any atom is 0.410 e. The number of pyridine rings is 1. The molecule has 2 aliphatic rings. The van der Waals surface area contributed by atoms with Gasteiger partial charge in [0, 0.05) is 37.3 Å². The summed E-state index contributed by atoms with van der Waals surface area (Å²) in [6.07, 6.45) is 3.05. The van der Waals surface area contributed by atoms with E-state index in [0.717, 1.165) is 0 Å². The third-order valence-corrected chi connectivity index (χ3v) is 6.71. The molecule has 1 aromatic carbocycles. The highest BCUT2D eigenvalue weighted by atomic mass is 35.5. The predicted octanol–water partition coefficient (Wildman–Crippen LogP) is 5.27. The highest BCUT2D eigenvalue weighted by Gasteiger charge is 2.28. The van der Waals surface area contributed by atoms with Crippen LogP contribution in [0.15, 0.2) is 35.5 Å². The molecule has 1 N–H and O–H groups in total. The molecular weight excluding hydrogens is 527 g/mol. The van der Waals surface area contributed by atoms with Crippen molar-refractivity contribution in [3.8, 4) is 5.75 Å². The van der Waals surface area contributed by atoms with Gasteiger partial charge in [0.25, 0.3) is 0 Å². The number of aromatic nitrogens is 1. The van der Waals surface area contributed by atoms with Gasteiger partial charge in [0.2, 0.25) is 5.91 Å². The van der Waals surface area contributed by atoms with Gasteiger partial charge < -0.3 is 19.7 Å². The third kappa shape index (κ3) is 7.75. The second-order valence-electron chi connectivity index (χ2n) is 10.7. The number of carbonyl (C=O) groups excluding carboxylic acids is 3. The average molecular weight is 559 g/mol. The van der Waals surface area contributed by atoms with Gasteiger partial charge in [-0.1, -0.05) is 11.6 Å². The van der Waals surface area contributed by atoms with Crippen molar-refractivity contribution in [2.75, 3.05) is 19.7 Å². The first-order valence-corrected chi connectivity index (χ1v) is 13.3. The Morgan fingerprint density at radius 1 is 1.21 bits per heavy atom. The largest absolute Gasteiger partial charge is 0.488 e. The number of likely N-dealkylation sites (tertiary alicyclic amines) is 1. The highest BCUT2D eigenvalue weighted by Crippen LogP contribution is 2.29. The summed E-state index contributed by atoms with van der Waals surface area (Å²) in [5.41, 5.74) is 1.28. The number of aliphatic imine (C=N–C) groups is 1. The normalized spacial score (nSPS) is 15.9. The zero-order chi connectivity index (χ0) is 28.2. The number of nitrogens with one attached hydrogen (secondary N) is 1. The van der Waals surface area contributed by atoms with Crippen molar-refractivity contribution in [2.45, 2.75) is 58.6 Å². The summed E-state index contributed by atoms with van der Waals surface area (Å²) >= 11 is 5.80. The van der Waals surface area contributed by atoms with Crippen molar-refractivity contribution in [1.29, 1.82) is 0 Å². The maximum absolute atomic E-state index is 13.4. The fourth-order valence-electron chi connectivity index (χ4n) is 4.43. The van der Waals surface area contributed by atoms with Crippen molar-refractivity contribution in [3.63, 3.8) is 0 Å². The number of ketones is 1. The van der Waals surface area contributed by atoms with E-state index < -0.39 is 11.4 Å². The number of Topliss-reactive ketones (excluding diaryl/α,β-unsaturated/α-hetero) is 1. The van der Waals surface area contributed by atoms with Crippen LogP contribution in [-0.4, -0.2) is 58.7 Å². The first-order valence-electron chi connectivity index (χ1n) is 12.9. The van der Waals surface area contributed by atoms with E-state index in [1.54, 1.807) is 11.0 Å². The van der Waals surface area contributed by atoms with E-state index in [2.05, 4.69) is 15.3 Å². The van der Waals surface area contributed by atoms with Gasteiger partial charge in [-0.25, -0.2) is 9.18 Å². The molecule has 9 nitrogen and oxygen atoms in total. The molecule has 3 heterocycles. The Balaban J connectivity index is 1.31. The van der Waals surface area contributed by atoms with Crippen LogP contribution in [0.5, 0.6) is 5.75 Å². The average Bonchev–Trinajstić information content (AvgIpc) is 2.87. The molecule has 0 atom stereocenters. The minimum absolute atomic E-state index is 0.0236. The van der Waals surface area contributed by atoms with Crippen LogP contribution in [0.1, 0.15) is 62.5 Å². The summed E-state index contributed by atoms with van der Waals surface area (Å²) in [5, 5.41) is 2.83. The quantitative estimate of drug-likeness (QED) is 0.496. The zero-order valence-electron chi connectivity index (χ0n) is 22.3. The summed E-state index contributed by atoms with van der Waals surface area (Å²) in [6, 6.07) is 5.63. The van der Waals surface area contributed by atoms with Crippen LogP contribution in [0.3, 0.4) is 0 Å². The summed E-state index contributed by atoms with van der Waals surface area (Å²) in [5.74, 6) is -0.287. The minimum atomic E-state index is -0.549. The molecule has 1 saturated heterocycles. The Labute approximate surface area is 231 Å². The molecule has 0 bridgehead atoms. The first-order chi connectivity index (χ1) is 18.5. The van der Waals surface area contributed by atoms with E-state index in [4.69, 9.17) is 21.1 Å². The molecule has 1 fully saturated rings. The van der Waals surface area contributed by atoms with Gasteiger partial charge >= 0.3 is 6.09 Å². The van der Waals surface area contributed by atoms with Crippen molar-refractivity contribution < 1.29 is 28.2 Å². The van der Waals surface area contributed by atoms with Gasteiger partial charge in [0.1, 0.15) is 23.8 Å². The number of fused-ring (bicyclic) bond motifs is 1. The molecule has 4 rings (SSSR count). The lowest BCUT2D eigenvalue weighted by Crippen LogP contribution is -2.42. The van der Waals surface area contributed by atoms with Crippen LogP contribution in [0, 0.1) is 11.7 Å². The number of hydrogen-bond acceptors (Lipinski definition) is 7. The molecule has 2 amide bonds. The van der Waals surface area contributed by atoms with Crippen molar-refractivity contribution in [1.82, 2.24) is 15.2 Å². The van der Waals surface area contributed by atoms with Gasteiger partial charge in [-0.05, 0) is 57.7 Å². The van der Waals surface area contributed by atoms with E-state index in [9.17, 15) is 18.8 Å². The molecule has 208 valence electrons. The molecule has 1 aromatic heterocycles. The molecular formula is C28H32ClFN4O5. The minimum Gasteiger partial charge on any atom is -0.488 e. The van der Waals surface area contributed by atoms with Crippen LogP contribution >= 0.6 is 11.6 Å². The molecule has 0 spiro atoms. The molecule has 39 heavy (non-hydrogen) atoms. The molecule has 2 aliphatic heterocycles. The lowest BCUT2D eigenvalue weighted by atomic mass is 9.93. The number of hydrogen-bond donors (Lipinski definition) is 1. The number of nitrogens with zero attached hydrogens (tertiary/aromatic N) is 3. The number of amides is 2. The van der Waals surface area contributed by atoms with E-state index in [1.165, 1.54) is 24.4 Å². The summed E-state index contributed by atoms with van der Waals surface area (Å²) in [6.45, 7) is 6.74. The molecule has 0 saturated carbocycles. The molecule has 0 aliphatic carbocycles. The smallest absolute Gasteiger partial charge is 0.410 e. The first kappa shape index (κ1) is 28.5.